The summed E-state index contributed by atoms with van der Waals surface area (Å²) in [5.74, 6) is 0.680. The molecule has 2 N–H and O–H groups in total. The first-order valence-corrected chi connectivity index (χ1v) is 14.0. The first-order chi connectivity index (χ1) is 19.0. The van der Waals surface area contributed by atoms with Gasteiger partial charge >= 0.3 is 0 Å². The average Bonchev–Trinajstić information content (AvgIpc) is 3.58. The van der Waals surface area contributed by atoms with Crippen LogP contribution in [0.25, 0.3) is 27.7 Å². The van der Waals surface area contributed by atoms with Gasteiger partial charge in [0.1, 0.15) is 5.76 Å². The Balaban J connectivity index is 1.18. The predicted octanol–water partition coefficient (Wildman–Crippen LogP) is 7.01. The molecule has 2 heterocycles. The van der Waals surface area contributed by atoms with Crippen molar-refractivity contribution in [2.75, 3.05) is 10.0 Å². The number of nitrogens with zero attached hydrogens (tertiary/aromatic N) is 2. The lowest BCUT2D eigenvalue weighted by atomic mass is 10.0. The molecular formula is C31H26N4O3S. The average molecular weight is 535 g/mol. The van der Waals surface area contributed by atoms with Crippen molar-refractivity contribution in [1.29, 1.82) is 0 Å². The smallest absolute Gasteiger partial charge is 0.263 e. The largest absolute Gasteiger partial charge is 0.381 e. The summed E-state index contributed by atoms with van der Waals surface area (Å²) >= 11 is 0. The first-order valence-electron chi connectivity index (χ1n) is 12.5. The molecule has 0 aliphatic heterocycles. The zero-order valence-corrected chi connectivity index (χ0v) is 22.0. The quantitative estimate of drug-likeness (QED) is 0.219. The maximum absolute atomic E-state index is 12.6. The van der Waals surface area contributed by atoms with Crippen LogP contribution >= 0.6 is 0 Å². The van der Waals surface area contributed by atoms with Crippen LogP contribution in [0, 0.1) is 6.92 Å². The Morgan fingerprint density at radius 1 is 0.846 bits per heavy atom. The summed E-state index contributed by atoms with van der Waals surface area (Å²) in [6.07, 6.45) is 2.11. The van der Waals surface area contributed by atoms with Crippen molar-refractivity contribution in [1.82, 2.24) is 9.72 Å². The van der Waals surface area contributed by atoms with Crippen molar-refractivity contribution in [2.45, 2.75) is 18.4 Å². The molecular weight excluding hydrogens is 508 g/mol. The summed E-state index contributed by atoms with van der Waals surface area (Å²) in [4.78, 5) is 0.144. The number of hydrogen-bond acceptors (Lipinski definition) is 5. The topological polar surface area (TPSA) is 89.2 Å². The van der Waals surface area contributed by atoms with Crippen LogP contribution in [0.1, 0.15) is 11.3 Å². The number of benzene rings is 4. The maximum Gasteiger partial charge on any atom is 0.263 e. The molecule has 194 valence electrons. The molecule has 0 atom stereocenters. The highest BCUT2D eigenvalue weighted by molar-refractivity contribution is 7.92. The fraction of sp³-hybridized carbons (Fsp3) is 0.0645. The molecule has 0 bridgehead atoms. The molecule has 0 aliphatic carbocycles. The van der Waals surface area contributed by atoms with Crippen LogP contribution in [-0.4, -0.2) is 18.1 Å². The van der Waals surface area contributed by atoms with Crippen LogP contribution in [0.5, 0.6) is 0 Å². The standard InChI is InChI=1S/C31H26N4O3S/c1-22-19-31(33-38-22)34-39(36,37)27-15-13-25(14-16-27)32-21-23-7-5-10-26(20-23)35-18-17-29-28(11-6-12-30(29)35)24-8-3-2-4-9-24/h2-20,32H,21H2,1H3,(H,33,34). The molecule has 0 aliphatic rings. The second-order valence-corrected chi connectivity index (χ2v) is 10.9. The van der Waals surface area contributed by atoms with E-state index in [-0.39, 0.29) is 10.7 Å². The number of rotatable bonds is 8. The molecule has 4 aromatic carbocycles. The van der Waals surface area contributed by atoms with Gasteiger partial charge in [0.2, 0.25) is 0 Å². The number of aromatic nitrogens is 2. The summed E-state index contributed by atoms with van der Waals surface area (Å²) in [5, 5.41) is 8.27. The molecule has 0 unspecified atom stereocenters. The number of anilines is 2. The molecule has 0 amide bonds. The molecule has 8 heteroatoms. The summed E-state index contributed by atoms with van der Waals surface area (Å²) in [6, 6.07) is 35.5. The number of aryl methyl sites for hydroxylation is 1. The Kier molecular flexibility index (Phi) is 6.38. The van der Waals surface area contributed by atoms with Crippen LogP contribution in [0.15, 0.2) is 125 Å². The van der Waals surface area contributed by atoms with Crippen LogP contribution in [-0.2, 0) is 16.6 Å². The highest BCUT2D eigenvalue weighted by Gasteiger charge is 2.16. The van der Waals surface area contributed by atoms with Crippen LogP contribution < -0.4 is 10.0 Å². The molecule has 0 saturated carbocycles. The predicted molar refractivity (Wildman–Crippen MR) is 155 cm³/mol. The second-order valence-electron chi connectivity index (χ2n) is 9.27. The summed E-state index contributed by atoms with van der Waals surface area (Å²) in [5.41, 5.74) is 6.55. The van der Waals surface area contributed by atoms with Gasteiger partial charge in [-0.05, 0) is 72.1 Å². The van der Waals surface area contributed by atoms with Gasteiger partial charge in [0.15, 0.2) is 5.82 Å². The minimum Gasteiger partial charge on any atom is -0.381 e. The fourth-order valence-corrected chi connectivity index (χ4v) is 5.63. The molecule has 0 spiro atoms. The van der Waals surface area contributed by atoms with Crippen molar-refractivity contribution in [2.24, 2.45) is 0 Å². The summed E-state index contributed by atoms with van der Waals surface area (Å²) in [7, 11) is -3.76. The SMILES string of the molecule is Cc1cc(NS(=O)(=O)c2ccc(NCc3cccc(-n4ccc5c(-c6ccccc6)cccc54)c3)cc2)no1. The lowest BCUT2D eigenvalue weighted by Gasteiger charge is -2.11. The van der Waals surface area contributed by atoms with Gasteiger partial charge in [0.25, 0.3) is 10.0 Å². The normalized spacial score (nSPS) is 11.5. The number of sulfonamides is 1. The van der Waals surface area contributed by atoms with Gasteiger partial charge in [-0.2, -0.15) is 0 Å². The van der Waals surface area contributed by atoms with Gasteiger partial charge in [-0.1, -0.05) is 59.8 Å². The minimum atomic E-state index is -3.76. The fourth-order valence-electron chi connectivity index (χ4n) is 4.65. The van der Waals surface area contributed by atoms with Gasteiger partial charge in [-0.3, -0.25) is 4.72 Å². The minimum absolute atomic E-state index is 0.144. The van der Waals surface area contributed by atoms with Gasteiger partial charge < -0.3 is 14.4 Å². The van der Waals surface area contributed by atoms with Gasteiger partial charge in [-0.25, -0.2) is 8.42 Å². The number of nitrogens with one attached hydrogen (secondary N) is 2. The molecule has 6 aromatic rings. The molecule has 6 rings (SSSR count). The van der Waals surface area contributed by atoms with Gasteiger partial charge in [0.05, 0.1) is 10.4 Å². The lowest BCUT2D eigenvalue weighted by molar-refractivity contribution is 0.400. The highest BCUT2D eigenvalue weighted by Crippen LogP contribution is 2.31. The highest BCUT2D eigenvalue weighted by atomic mass is 32.2. The van der Waals surface area contributed by atoms with Crippen LogP contribution in [0.2, 0.25) is 0 Å². The zero-order valence-electron chi connectivity index (χ0n) is 21.2. The lowest BCUT2D eigenvalue weighted by Crippen LogP contribution is -2.13. The number of hydrogen-bond donors (Lipinski definition) is 2. The van der Waals surface area contributed by atoms with Gasteiger partial charge in [0, 0.05) is 35.6 Å². The van der Waals surface area contributed by atoms with Crippen molar-refractivity contribution >= 4 is 32.4 Å². The van der Waals surface area contributed by atoms with Crippen molar-refractivity contribution in [3.8, 4) is 16.8 Å². The van der Waals surface area contributed by atoms with E-state index in [1.165, 1.54) is 22.6 Å². The Labute approximate surface area is 226 Å². The van der Waals surface area contributed by atoms with E-state index < -0.39 is 10.0 Å². The third-order valence-corrected chi connectivity index (χ3v) is 7.91. The molecule has 7 nitrogen and oxygen atoms in total. The molecule has 0 radical (unpaired) electrons. The van der Waals surface area contributed by atoms with E-state index in [1.807, 2.05) is 12.1 Å². The monoisotopic (exact) mass is 534 g/mol. The van der Waals surface area contributed by atoms with E-state index in [2.05, 4.69) is 92.7 Å². The van der Waals surface area contributed by atoms with Gasteiger partial charge in [-0.15, -0.1) is 0 Å². The van der Waals surface area contributed by atoms with E-state index in [4.69, 9.17) is 4.52 Å². The van der Waals surface area contributed by atoms with E-state index in [1.54, 1.807) is 31.2 Å². The third-order valence-electron chi connectivity index (χ3n) is 6.53. The Morgan fingerprint density at radius 2 is 1.64 bits per heavy atom. The van der Waals surface area contributed by atoms with E-state index >= 15 is 0 Å². The van der Waals surface area contributed by atoms with Crippen molar-refractivity contribution < 1.29 is 12.9 Å². The van der Waals surface area contributed by atoms with Crippen molar-refractivity contribution in [3.63, 3.8) is 0 Å². The maximum atomic E-state index is 12.6. The zero-order chi connectivity index (χ0) is 26.8. The Morgan fingerprint density at radius 3 is 2.41 bits per heavy atom. The Bertz CT molecular complexity index is 1860. The first kappa shape index (κ1) is 24.5. The second kappa shape index (κ2) is 10.2. The third kappa shape index (κ3) is 5.15. The molecule has 0 saturated heterocycles. The van der Waals surface area contributed by atoms with E-state index in [0.717, 1.165) is 22.5 Å². The summed E-state index contributed by atoms with van der Waals surface area (Å²) < 4.78 is 34.8. The molecule has 0 fully saturated rings. The molecule has 2 aromatic heterocycles. The van der Waals surface area contributed by atoms with E-state index in [0.29, 0.717) is 12.3 Å². The Hall–Kier alpha value is -4.82. The molecule has 39 heavy (non-hydrogen) atoms. The summed E-state index contributed by atoms with van der Waals surface area (Å²) in [6.45, 7) is 2.29. The van der Waals surface area contributed by atoms with Crippen LogP contribution in [0.4, 0.5) is 11.5 Å². The van der Waals surface area contributed by atoms with Crippen molar-refractivity contribution in [3.05, 3.63) is 127 Å². The number of fused-ring (bicyclic) bond motifs is 1. The van der Waals surface area contributed by atoms with Crippen LogP contribution in [0.3, 0.4) is 0 Å². The van der Waals surface area contributed by atoms with E-state index in [9.17, 15) is 8.42 Å².